The van der Waals surface area contributed by atoms with E-state index in [1.54, 1.807) is 32.0 Å². The zero-order chi connectivity index (χ0) is 18.8. The molecule has 1 aliphatic heterocycles. The summed E-state index contributed by atoms with van der Waals surface area (Å²) in [5, 5.41) is 2.68. The Labute approximate surface area is 147 Å². The van der Waals surface area contributed by atoms with Crippen LogP contribution in [-0.4, -0.2) is 51.7 Å². The third-order valence-electron chi connectivity index (χ3n) is 3.50. The lowest BCUT2D eigenvalue weighted by Gasteiger charge is -2.24. The Morgan fingerprint density at radius 1 is 1.20 bits per heavy atom. The topological polar surface area (TPSA) is 97.3 Å². The molecule has 0 unspecified atom stereocenters. The van der Waals surface area contributed by atoms with Gasteiger partial charge in [-0.2, -0.15) is 8.42 Å². The van der Waals surface area contributed by atoms with E-state index in [-0.39, 0.29) is 17.5 Å². The Hall–Kier alpha value is -2.55. The number of hydrogen-bond donors (Lipinski definition) is 1. The summed E-state index contributed by atoms with van der Waals surface area (Å²) in [7, 11) is 0.265. The number of methoxy groups -OCH3 is 2. The summed E-state index contributed by atoms with van der Waals surface area (Å²) in [5.41, 5.74) is 0.630. The van der Waals surface area contributed by atoms with E-state index in [0.717, 1.165) is 4.31 Å². The number of benzene rings is 1. The molecule has 136 valence electrons. The molecule has 0 fully saturated rings. The molecule has 1 heterocycles. The lowest BCUT2D eigenvalue weighted by Crippen LogP contribution is -2.40. The number of nitrogens with one attached hydrogen (secondary N) is 1. The Bertz CT molecular complexity index is 843. The molecule has 0 aromatic heterocycles. The second-order valence-electron chi connectivity index (χ2n) is 5.65. The van der Waals surface area contributed by atoms with Crippen LogP contribution in [0, 0.1) is 0 Å². The summed E-state index contributed by atoms with van der Waals surface area (Å²) in [6, 6.07) is 4.76. The summed E-state index contributed by atoms with van der Waals surface area (Å²) < 4.78 is 39.6. The number of rotatable bonds is 5. The van der Waals surface area contributed by atoms with Crippen molar-refractivity contribution < 1.29 is 22.7 Å². The van der Waals surface area contributed by atoms with Crippen LogP contribution in [0.2, 0.25) is 0 Å². The quantitative estimate of drug-likeness (QED) is 0.840. The molecule has 9 heteroatoms. The van der Waals surface area contributed by atoms with Gasteiger partial charge in [-0.1, -0.05) is 0 Å². The van der Waals surface area contributed by atoms with E-state index in [0.29, 0.717) is 17.1 Å². The highest BCUT2D eigenvalue weighted by Gasteiger charge is 2.30. The number of carbonyl (C=O) groups is 1. The van der Waals surface area contributed by atoms with Crippen molar-refractivity contribution in [2.24, 2.45) is 4.40 Å². The minimum Gasteiger partial charge on any atom is -0.493 e. The van der Waals surface area contributed by atoms with Crippen molar-refractivity contribution in [2.75, 3.05) is 21.3 Å². The number of amides is 1. The van der Waals surface area contributed by atoms with Gasteiger partial charge in [-0.3, -0.25) is 4.79 Å². The SMILES string of the molecule is COc1ccc(C2=NS(=O)(=O)N(C)C(C(=O)NC(C)C)=C2)cc1OC. The first-order valence-electron chi connectivity index (χ1n) is 7.53. The van der Waals surface area contributed by atoms with Gasteiger partial charge in [0.25, 0.3) is 5.91 Å². The van der Waals surface area contributed by atoms with Crippen molar-refractivity contribution >= 4 is 21.8 Å². The fourth-order valence-electron chi connectivity index (χ4n) is 2.23. The molecular formula is C16H21N3O5S. The van der Waals surface area contributed by atoms with Crippen LogP contribution >= 0.6 is 0 Å². The molecule has 8 nitrogen and oxygen atoms in total. The second-order valence-corrected chi connectivity index (χ2v) is 7.28. The number of ether oxygens (including phenoxy) is 2. The predicted octanol–water partition coefficient (Wildman–Crippen LogP) is 1.09. The third kappa shape index (κ3) is 3.93. The highest BCUT2D eigenvalue weighted by atomic mass is 32.2. The van der Waals surface area contributed by atoms with Crippen LogP contribution in [0.3, 0.4) is 0 Å². The van der Waals surface area contributed by atoms with E-state index in [1.165, 1.54) is 27.3 Å². The number of carbonyl (C=O) groups excluding carboxylic acids is 1. The van der Waals surface area contributed by atoms with Gasteiger partial charge in [0.05, 0.1) is 19.9 Å². The Balaban J connectivity index is 2.53. The van der Waals surface area contributed by atoms with Crippen molar-refractivity contribution in [3.63, 3.8) is 0 Å². The van der Waals surface area contributed by atoms with Crippen LogP contribution in [0.25, 0.3) is 0 Å². The minimum atomic E-state index is -4.00. The summed E-state index contributed by atoms with van der Waals surface area (Å²) in [6.45, 7) is 3.58. The van der Waals surface area contributed by atoms with Gasteiger partial charge in [0.15, 0.2) is 11.5 Å². The monoisotopic (exact) mass is 367 g/mol. The van der Waals surface area contributed by atoms with Crippen molar-refractivity contribution in [1.29, 1.82) is 0 Å². The third-order valence-corrected chi connectivity index (χ3v) is 4.82. The number of nitrogens with zero attached hydrogens (tertiary/aromatic N) is 2. The van der Waals surface area contributed by atoms with Crippen LogP contribution < -0.4 is 14.8 Å². The van der Waals surface area contributed by atoms with Crippen molar-refractivity contribution in [1.82, 2.24) is 9.62 Å². The Kier molecular flexibility index (Phi) is 5.36. The first-order valence-corrected chi connectivity index (χ1v) is 8.93. The normalized spacial score (nSPS) is 16.2. The first-order chi connectivity index (χ1) is 11.7. The fourth-order valence-corrected chi connectivity index (χ4v) is 3.15. The van der Waals surface area contributed by atoms with Gasteiger partial charge < -0.3 is 14.8 Å². The molecule has 0 aliphatic carbocycles. The van der Waals surface area contributed by atoms with E-state index < -0.39 is 16.1 Å². The molecular weight excluding hydrogens is 346 g/mol. The molecule has 0 spiro atoms. The standard InChI is InChI=1S/C16H21N3O5S/c1-10(2)17-16(20)13-9-12(18-25(21,22)19(13)3)11-6-7-14(23-4)15(8-11)24-5/h6-10H,1-5H3,(H,17,20). The van der Waals surface area contributed by atoms with Crippen LogP contribution in [0.15, 0.2) is 34.4 Å². The highest BCUT2D eigenvalue weighted by molar-refractivity contribution is 7.88. The van der Waals surface area contributed by atoms with Gasteiger partial charge >= 0.3 is 10.2 Å². The van der Waals surface area contributed by atoms with Crippen LogP contribution in [-0.2, 0) is 15.0 Å². The van der Waals surface area contributed by atoms with Crippen molar-refractivity contribution in [3.05, 3.63) is 35.5 Å². The second kappa shape index (κ2) is 7.14. The molecule has 0 radical (unpaired) electrons. The Morgan fingerprint density at radius 3 is 2.40 bits per heavy atom. The van der Waals surface area contributed by atoms with Gasteiger partial charge in [-0.15, -0.1) is 4.40 Å². The fraction of sp³-hybridized carbons (Fsp3) is 0.375. The number of likely N-dealkylation sites (N-methyl/N-ethyl adjacent to an activating group) is 1. The molecule has 0 saturated carbocycles. The first kappa shape index (κ1) is 18.8. The van der Waals surface area contributed by atoms with Crippen molar-refractivity contribution in [3.8, 4) is 11.5 Å². The zero-order valence-corrected chi connectivity index (χ0v) is 15.5. The maximum absolute atomic E-state index is 12.3. The van der Waals surface area contributed by atoms with Gasteiger partial charge in [-0.25, -0.2) is 4.31 Å². The molecule has 0 saturated heterocycles. The van der Waals surface area contributed by atoms with E-state index in [4.69, 9.17) is 9.47 Å². The summed E-state index contributed by atoms with van der Waals surface area (Å²) >= 11 is 0. The summed E-state index contributed by atoms with van der Waals surface area (Å²) in [6.07, 6.45) is 1.43. The van der Waals surface area contributed by atoms with Crippen LogP contribution in [0.5, 0.6) is 11.5 Å². The predicted molar refractivity (Wildman–Crippen MR) is 94.1 cm³/mol. The molecule has 1 amide bonds. The maximum atomic E-state index is 12.3. The van der Waals surface area contributed by atoms with Gasteiger partial charge in [-0.05, 0) is 38.1 Å². The van der Waals surface area contributed by atoms with Crippen molar-refractivity contribution in [2.45, 2.75) is 19.9 Å². The molecule has 1 aliphatic rings. The van der Waals surface area contributed by atoms with Crippen LogP contribution in [0.4, 0.5) is 0 Å². The van der Waals surface area contributed by atoms with Gasteiger partial charge in [0, 0.05) is 18.7 Å². The number of allylic oxidation sites excluding steroid dienone is 1. The molecule has 2 rings (SSSR count). The lowest BCUT2D eigenvalue weighted by atomic mass is 10.1. The van der Waals surface area contributed by atoms with E-state index >= 15 is 0 Å². The summed E-state index contributed by atoms with van der Waals surface area (Å²) in [4.78, 5) is 12.3. The smallest absolute Gasteiger partial charge is 0.345 e. The average Bonchev–Trinajstić information content (AvgIpc) is 2.55. The molecule has 0 bridgehead atoms. The zero-order valence-electron chi connectivity index (χ0n) is 14.7. The highest BCUT2D eigenvalue weighted by Crippen LogP contribution is 2.29. The van der Waals surface area contributed by atoms with E-state index in [1.807, 2.05) is 0 Å². The van der Waals surface area contributed by atoms with Gasteiger partial charge in [0.2, 0.25) is 0 Å². The number of hydrogen-bond acceptors (Lipinski definition) is 5. The Morgan fingerprint density at radius 2 is 1.84 bits per heavy atom. The molecule has 1 aromatic rings. The molecule has 1 N–H and O–H groups in total. The molecule has 25 heavy (non-hydrogen) atoms. The maximum Gasteiger partial charge on any atom is 0.345 e. The molecule has 0 atom stereocenters. The average molecular weight is 367 g/mol. The minimum absolute atomic E-state index is 0.00603. The molecule has 1 aromatic carbocycles. The van der Waals surface area contributed by atoms with Gasteiger partial charge in [0.1, 0.15) is 5.70 Å². The summed E-state index contributed by atoms with van der Waals surface area (Å²) in [5.74, 6) is 0.443. The van der Waals surface area contributed by atoms with Crippen LogP contribution in [0.1, 0.15) is 19.4 Å². The van der Waals surface area contributed by atoms with E-state index in [2.05, 4.69) is 9.71 Å². The largest absolute Gasteiger partial charge is 0.493 e. The lowest BCUT2D eigenvalue weighted by molar-refractivity contribution is -0.118. The van der Waals surface area contributed by atoms with E-state index in [9.17, 15) is 13.2 Å².